The highest BCUT2D eigenvalue weighted by Crippen LogP contribution is 2.19. The van der Waals surface area contributed by atoms with E-state index in [4.69, 9.17) is 18.9 Å². The summed E-state index contributed by atoms with van der Waals surface area (Å²) in [7, 11) is 5.94. The van der Waals surface area contributed by atoms with Gasteiger partial charge in [0.25, 0.3) is 0 Å². The molecule has 0 aromatic heterocycles. The van der Waals surface area contributed by atoms with Gasteiger partial charge in [0.05, 0.1) is 40.3 Å². The Labute approximate surface area is 552 Å². The first kappa shape index (κ1) is 86.0. The fourth-order valence-corrected chi connectivity index (χ4v) is 11.3. The van der Waals surface area contributed by atoms with Crippen molar-refractivity contribution in [1.29, 1.82) is 0 Å². The van der Waals surface area contributed by atoms with Gasteiger partial charge >= 0.3 is 11.9 Å². The Morgan fingerprint density at radius 1 is 0.337 bits per heavy atom. The van der Waals surface area contributed by atoms with E-state index in [9.17, 15) is 19.5 Å². The number of esters is 2. The summed E-state index contributed by atoms with van der Waals surface area (Å²) >= 11 is 0. The van der Waals surface area contributed by atoms with Crippen molar-refractivity contribution < 1.29 is 42.9 Å². The molecule has 0 heterocycles. The van der Waals surface area contributed by atoms with Crippen molar-refractivity contribution in [3.8, 4) is 0 Å². The van der Waals surface area contributed by atoms with Crippen LogP contribution in [0.2, 0.25) is 0 Å². The Morgan fingerprint density at radius 3 is 0.899 bits per heavy atom. The van der Waals surface area contributed by atoms with Gasteiger partial charge in [0.2, 0.25) is 0 Å². The van der Waals surface area contributed by atoms with Crippen LogP contribution in [0.5, 0.6) is 0 Å². The molecule has 0 aliphatic carbocycles. The van der Waals surface area contributed by atoms with Crippen LogP contribution in [0, 0.1) is 0 Å². The van der Waals surface area contributed by atoms with Gasteiger partial charge in [0.15, 0.2) is 12.4 Å². The molecule has 0 saturated heterocycles. The maximum absolute atomic E-state index is 13.0. The van der Waals surface area contributed by atoms with Crippen LogP contribution in [0.4, 0.5) is 0 Å². The van der Waals surface area contributed by atoms with Gasteiger partial charge in [-0.15, -0.1) is 0 Å². The number of carbonyl (C=O) groups is 3. The SMILES string of the molecule is CCCCCCC/C=C\C/C=C\C/C=C\CCCCCCCCCCCCCCCCCCCCCCCCCCCCC(=O)OC(COC(=O)CCCCCCCCCCCCC/C=C\C/C=C\CCCCCCC)COC(OCC[N+](C)(C)C)C(=O)[O-]. The second-order valence-electron chi connectivity index (χ2n) is 27.3. The number of ether oxygens (including phenoxy) is 4. The number of rotatable bonds is 72. The first-order valence-electron chi connectivity index (χ1n) is 38.4. The topological polar surface area (TPSA) is 111 Å². The fourth-order valence-electron chi connectivity index (χ4n) is 11.3. The first-order valence-corrected chi connectivity index (χ1v) is 38.4. The normalized spacial score (nSPS) is 13.0. The van der Waals surface area contributed by atoms with Gasteiger partial charge in [-0.2, -0.15) is 0 Å². The van der Waals surface area contributed by atoms with E-state index < -0.39 is 24.3 Å². The molecular formula is C80H147NO8. The van der Waals surface area contributed by atoms with Crippen molar-refractivity contribution in [2.45, 2.75) is 386 Å². The summed E-state index contributed by atoms with van der Waals surface area (Å²) in [5, 5.41) is 11.8. The minimum absolute atomic E-state index is 0.149. The Hall–Kier alpha value is -3.01. The highest BCUT2D eigenvalue weighted by Gasteiger charge is 2.22. The highest BCUT2D eigenvalue weighted by molar-refractivity contribution is 5.70. The number of likely N-dealkylation sites (N-methyl/N-ethyl adjacent to an activating group) is 1. The third kappa shape index (κ3) is 72.3. The second-order valence-corrected chi connectivity index (χ2v) is 27.3. The molecule has 0 aliphatic heterocycles. The number of carboxylic acids is 1. The summed E-state index contributed by atoms with van der Waals surface area (Å²) in [5.74, 6) is -2.26. The number of hydrogen-bond donors (Lipinski definition) is 0. The zero-order valence-corrected chi connectivity index (χ0v) is 59.6. The van der Waals surface area contributed by atoms with E-state index in [2.05, 4.69) is 74.6 Å². The lowest BCUT2D eigenvalue weighted by Crippen LogP contribution is -2.44. The standard InChI is InChI=1S/C80H147NO8/c1-6-8-10-12-14-16-18-20-22-24-26-28-30-31-32-33-34-35-36-37-38-39-40-41-42-43-44-45-46-47-49-51-53-55-57-59-61-63-65-67-69-71-78(83)89-76(75-88-80(79(84)85)86-73-72-81(3,4)5)74-87-77(82)70-68-66-64-62-60-58-56-54-52-50-48-29-27-25-23-21-19-17-15-13-11-9-7-2/h18-21,24-27,30-31,76,80H,6-17,22-23,28-29,32-75H2,1-5H3/b20-18-,21-19-,26-24-,27-25-,31-30-. The number of nitrogens with zero attached hydrogens (tertiary/aromatic N) is 1. The summed E-state index contributed by atoms with van der Waals surface area (Å²) in [5.41, 5.74) is 0. The van der Waals surface area contributed by atoms with Crippen molar-refractivity contribution in [2.24, 2.45) is 0 Å². The molecule has 9 heteroatoms. The van der Waals surface area contributed by atoms with Crippen LogP contribution in [0.25, 0.3) is 0 Å². The zero-order valence-electron chi connectivity index (χ0n) is 59.6. The quantitative estimate of drug-likeness (QED) is 0.0195. The van der Waals surface area contributed by atoms with Gasteiger partial charge in [-0.3, -0.25) is 9.59 Å². The van der Waals surface area contributed by atoms with Crippen LogP contribution >= 0.6 is 0 Å². The molecule has 89 heavy (non-hydrogen) atoms. The Bertz CT molecular complexity index is 1650. The number of hydrogen-bond acceptors (Lipinski definition) is 8. The molecule has 520 valence electrons. The van der Waals surface area contributed by atoms with Crippen LogP contribution in [-0.4, -0.2) is 82.3 Å². The third-order valence-corrected chi connectivity index (χ3v) is 17.2. The molecule has 0 radical (unpaired) electrons. The fraction of sp³-hybridized carbons (Fsp3) is 0.838. The molecule has 0 aliphatic rings. The third-order valence-electron chi connectivity index (χ3n) is 17.2. The predicted molar refractivity (Wildman–Crippen MR) is 380 cm³/mol. The molecule has 0 rings (SSSR count). The van der Waals surface area contributed by atoms with Gasteiger partial charge < -0.3 is 33.3 Å². The first-order chi connectivity index (χ1) is 43.6. The van der Waals surface area contributed by atoms with Crippen molar-refractivity contribution >= 4 is 17.9 Å². The molecular weight excluding hydrogens is 1100 g/mol. The van der Waals surface area contributed by atoms with E-state index in [1.807, 2.05) is 21.1 Å². The average Bonchev–Trinajstić information content (AvgIpc) is 3.64. The van der Waals surface area contributed by atoms with E-state index in [1.54, 1.807) is 0 Å². The van der Waals surface area contributed by atoms with Crippen molar-refractivity contribution in [1.82, 2.24) is 0 Å². The molecule has 0 spiro atoms. The number of quaternary nitrogens is 1. The molecule has 0 aromatic carbocycles. The molecule has 9 nitrogen and oxygen atoms in total. The van der Waals surface area contributed by atoms with Crippen LogP contribution in [0.1, 0.15) is 373 Å². The van der Waals surface area contributed by atoms with E-state index in [0.717, 1.165) is 51.4 Å². The van der Waals surface area contributed by atoms with Crippen molar-refractivity contribution in [3.63, 3.8) is 0 Å². The van der Waals surface area contributed by atoms with Gasteiger partial charge in [-0.1, -0.05) is 338 Å². The molecule has 0 aromatic rings. The monoisotopic (exact) mass is 1250 g/mol. The van der Waals surface area contributed by atoms with E-state index in [-0.39, 0.29) is 32.2 Å². The molecule has 2 atom stereocenters. The summed E-state index contributed by atoms with van der Waals surface area (Å²) in [6, 6.07) is 0. The Balaban J connectivity index is 3.96. The Morgan fingerprint density at radius 2 is 0.607 bits per heavy atom. The molecule has 2 unspecified atom stereocenters. The van der Waals surface area contributed by atoms with Crippen LogP contribution in [-0.2, 0) is 33.3 Å². The predicted octanol–water partition coefficient (Wildman–Crippen LogP) is 22.9. The lowest BCUT2D eigenvalue weighted by atomic mass is 10.0. The summed E-state index contributed by atoms with van der Waals surface area (Å²) < 4.78 is 22.8. The number of aliphatic carboxylic acids is 1. The minimum Gasteiger partial charge on any atom is -0.545 e. The number of carboxylic acid groups (broad SMARTS) is 1. The van der Waals surface area contributed by atoms with Crippen LogP contribution in [0.15, 0.2) is 60.8 Å². The summed E-state index contributed by atoms with van der Waals surface area (Å²) in [4.78, 5) is 37.5. The minimum atomic E-state index is -1.62. The molecule has 0 bridgehead atoms. The summed E-state index contributed by atoms with van der Waals surface area (Å²) in [6.45, 7) is 4.78. The Kier molecular flexibility index (Phi) is 68.5. The second kappa shape index (κ2) is 70.9. The van der Waals surface area contributed by atoms with Gasteiger partial charge in [0.1, 0.15) is 13.2 Å². The van der Waals surface area contributed by atoms with Gasteiger partial charge in [0, 0.05) is 12.8 Å². The van der Waals surface area contributed by atoms with Gasteiger partial charge in [-0.05, 0) is 83.5 Å². The number of unbranched alkanes of at least 4 members (excludes halogenated alkanes) is 47. The van der Waals surface area contributed by atoms with Gasteiger partial charge in [-0.25, -0.2) is 0 Å². The number of carbonyl (C=O) groups excluding carboxylic acids is 3. The van der Waals surface area contributed by atoms with E-state index in [0.29, 0.717) is 23.9 Å². The van der Waals surface area contributed by atoms with Crippen molar-refractivity contribution in [2.75, 3.05) is 47.5 Å². The zero-order chi connectivity index (χ0) is 64.7. The van der Waals surface area contributed by atoms with E-state index in [1.165, 1.54) is 289 Å². The van der Waals surface area contributed by atoms with Crippen molar-refractivity contribution in [3.05, 3.63) is 60.8 Å². The average molecular weight is 1250 g/mol. The van der Waals surface area contributed by atoms with E-state index >= 15 is 0 Å². The maximum Gasteiger partial charge on any atom is 0.306 e. The molecule has 0 N–H and O–H groups in total. The largest absolute Gasteiger partial charge is 0.545 e. The smallest absolute Gasteiger partial charge is 0.306 e. The highest BCUT2D eigenvalue weighted by atomic mass is 16.7. The number of allylic oxidation sites excluding steroid dienone is 10. The summed E-state index contributed by atoms with van der Waals surface area (Å²) in [6.07, 6.45) is 90.5. The van der Waals surface area contributed by atoms with Crippen LogP contribution < -0.4 is 5.11 Å². The molecule has 0 fully saturated rings. The molecule has 0 saturated carbocycles. The molecule has 0 amide bonds. The lowest BCUT2D eigenvalue weighted by molar-refractivity contribution is -0.870. The maximum atomic E-state index is 13.0. The van der Waals surface area contributed by atoms with Crippen LogP contribution in [0.3, 0.4) is 0 Å². The lowest BCUT2D eigenvalue weighted by Gasteiger charge is -2.26.